The standard InChI is InChI=1S/C14H22N2OS.ClH/c1-9(2)18-8-12-6-5-7-13(10(12)3)16-14(17)11(4)15;/h5-7,9,11H,8,15H2,1-4H3,(H,16,17);1H/t11-;/m1./s1. The molecular weight excluding hydrogens is 280 g/mol. The second-order valence-electron chi connectivity index (χ2n) is 4.73. The molecular formula is C14H23ClN2OS. The third-order valence-electron chi connectivity index (χ3n) is 2.69. The summed E-state index contributed by atoms with van der Waals surface area (Å²) in [5.41, 5.74) is 8.80. The zero-order valence-corrected chi connectivity index (χ0v) is 13.5. The second kappa shape index (κ2) is 8.46. The summed E-state index contributed by atoms with van der Waals surface area (Å²) in [5, 5.41) is 3.47. The van der Waals surface area contributed by atoms with Crippen molar-refractivity contribution in [1.29, 1.82) is 0 Å². The topological polar surface area (TPSA) is 55.1 Å². The second-order valence-corrected chi connectivity index (χ2v) is 6.29. The maximum atomic E-state index is 11.6. The molecule has 108 valence electrons. The predicted octanol–water partition coefficient (Wildman–Crippen LogP) is 3.34. The first-order chi connectivity index (χ1) is 8.41. The van der Waals surface area contributed by atoms with Gasteiger partial charge in [-0.3, -0.25) is 4.79 Å². The van der Waals surface area contributed by atoms with Crippen molar-refractivity contribution < 1.29 is 4.79 Å². The lowest BCUT2D eigenvalue weighted by Gasteiger charge is -2.14. The number of anilines is 1. The first kappa shape index (κ1) is 18.3. The summed E-state index contributed by atoms with van der Waals surface area (Å²) in [7, 11) is 0. The van der Waals surface area contributed by atoms with E-state index in [1.54, 1.807) is 6.92 Å². The average Bonchev–Trinajstić information content (AvgIpc) is 2.29. The molecule has 1 atom stereocenters. The Kier molecular flexibility index (Phi) is 8.14. The van der Waals surface area contributed by atoms with Gasteiger partial charge in [0.2, 0.25) is 5.91 Å². The van der Waals surface area contributed by atoms with E-state index in [1.165, 1.54) is 5.56 Å². The van der Waals surface area contributed by atoms with Gasteiger partial charge in [0.25, 0.3) is 0 Å². The third kappa shape index (κ3) is 5.85. The summed E-state index contributed by atoms with van der Waals surface area (Å²) < 4.78 is 0. The Balaban J connectivity index is 0.00000324. The molecule has 0 aromatic heterocycles. The molecule has 1 amide bonds. The summed E-state index contributed by atoms with van der Waals surface area (Å²) in [6, 6.07) is 5.50. The smallest absolute Gasteiger partial charge is 0.241 e. The van der Waals surface area contributed by atoms with Crippen LogP contribution in [0.2, 0.25) is 0 Å². The molecule has 1 aromatic carbocycles. The van der Waals surface area contributed by atoms with Gasteiger partial charge in [-0.15, -0.1) is 12.4 Å². The SMILES string of the molecule is Cc1c(CSC(C)C)cccc1NC(=O)[C@@H](C)N.Cl. The van der Waals surface area contributed by atoms with Crippen molar-refractivity contribution in [2.75, 3.05) is 5.32 Å². The molecule has 0 bridgehead atoms. The molecule has 0 aliphatic heterocycles. The van der Waals surface area contributed by atoms with E-state index in [2.05, 4.69) is 25.2 Å². The fourth-order valence-corrected chi connectivity index (χ4v) is 2.30. The lowest BCUT2D eigenvalue weighted by molar-refractivity contribution is -0.117. The maximum Gasteiger partial charge on any atom is 0.241 e. The van der Waals surface area contributed by atoms with Gasteiger partial charge in [-0.2, -0.15) is 11.8 Å². The van der Waals surface area contributed by atoms with E-state index in [0.717, 1.165) is 17.0 Å². The molecule has 1 aromatic rings. The molecule has 0 unspecified atom stereocenters. The number of amides is 1. The summed E-state index contributed by atoms with van der Waals surface area (Å²) in [6.07, 6.45) is 0. The average molecular weight is 303 g/mol. The zero-order valence-electron chi connectivity index (χ0n) is 11.9. The van der Waals surface area contributed by atoms with Gasteiger partial charge in [0.05, 0.1) is 6.04 Å². The molecule has 5 heteroatoms. The number of hydrogen-bond donors (Lipinski definition) is 2. The first-order valence-electron chi connectivity index (χ1n) is 6.18. The van der Waals surface area contributed by atoms with Crippen LogP contribution in [0.25, 0.3) is 0 Å². The number of hydrogen-bond acceptors (Lipinski definition) is 3. The molecule has 0 fully saturated rings. The van der Waals surface area contributed by atoms with Crippen LogP contribution in [0, 0.1) is 6.92 Å². The summed E-state index contributed by atoms with van der Waals surface area (Å²) in [5.74, 6) is 0.817. The Morgan fingerprint density at radius 2 is 2.00 bits per heavy atom. The summed E-state index contributed by atoms with van der Waals surface area (Å²) in [6.45, 7) is 8.08. The van der Waals surface area contributed by atoms with Crippen LogP contribution in [0.1, 0.15) is 31.9 Å². The van der Waals surface area contributed by atoms with E-state index in [-0.39, 0.29) is 18.3 Å². The van der Waals surface area contributed by atoms with Crippen molar-refractivity contribution in [1.82, 2.24) is 0 Å². The van der Waals surface area contributed by atoms with Crippen molar-refractivity contribution in [3.63, 3.8) is 0 Å². The van der Waals surface area contributed by atoms with E-state index in [9.17, 15) is 4.79 Å². The molecule has 0 spiro atoms. The van der Waals surface area contributed by atoms with Crippen LogP contribution in [0.3, 0.4) is 0 Å². The Hall–Kier alpha value is -0.710. The number of thioether (sulfide) groups is 1. The molecule has 19 heavy (non-hydrogen) atoms. The highest BCUT2D eigenvalue weighted by atomic mass is 35.5. The van der Waals surface area contributed by atoms with Gasteiger partial charge in [-0.05, 0) is 36.3 Å². The molecule has 1 rings (SSSR count). The Morgan fingerprint density at radius 1 is 1.37 bits per heavy atom. The van der Waals surface area contributed by atoms with Crippen LogP contribution in [0.5, 0.6) is 0 Å². The molecule has 3 nitrogen and oxygen atoms in total. The molecule has 3 N–H and O–H groups in total. The van der Waals surface area contributed by atoms with E-state index in [0.29, 0.717) is 5.25 Å². The summed E-state index contributed by atoms with van der Waals surface area (Å²) >= 11 is 1.90. The van der Waals surface area contributed by atoms with Gasteiger partial charge < -0.3 is 11.1 Å². The van der Waals surface area contributed by atoms with Gasteiger partial charge in [0.1, 0.15) is 0 Å². The number of benzene rings is 1. The van der Waals surface area contributed by atoms with Gasteiger partial charge in [0.15, 0.2) is 0 Å². The van der Waals surface area contributed by atoms with Gasteiger partial charge >= 0.3 is 0 Å². The number of rotatable bonds is 5. The van der Waals surface area contributed by atoms with Crippen molar-refractivity contribution in [3.8, 4) is 0 Å². The highest BCUT2D eigenvalue weighted by molar-refractivity contribution is 7.99. The number of nitrogens with two attached hydrogens (primary N) is 1. The minimum atomic E-state index is -0.488. The molecule has 0 saturated heterocycles. The molecule has 0 heterocycles. The van der Waals surface area contributed by atoms with Gasteiger partial charge in [0, 0.05) is 11.4 Å². The van der Waals surface area contributed by atoms with Crippen LogP contribution in [-0.2, 0) is 10.5 Å². The Bertz CT molecular complexity index is 422. The lowest BCUT2D eigenvalue weighted by Crippen LogP contribution is -2.32. The molecule has 0 aliphatic carbocycles. The first-order valence-corrected chi connectivity index (χ1v) is 7.23. The highest BCUT2D eigenvalue weighted by Gasteiger charge is 2.10. The van der Waals surface area contributed by atoms with Crippen molar-refractivity contribution in [2.24, 2.45) is 5.73 Å². The minimum absolute atomic E-state index is 0. The monoisotopic (exact) mass is 302 g/mol. The third-order valence-corrected chi connectivity index (χ3v) is 3.83. The van der Waals surface area contributed by atoms with E-state index >= 15 is 0 Å². The van der Waals surface area contributed by atoms with Crippen LogP contribution in [-0.4, -0.2) is 17.2 Å². The van der Waals surface area contributed by atoms with Crippen molar-refractivity contribution in [3.05, 3.63) is 29.3 Å². The van der Waals surface area contributed by atoms with Crippen molar-refractivity contribution >= 4 is 35.8 Å². The number of nitrogens with one attached hydrogen (secondary N) is 1. The van der Waals surface area contributed by atoms with Crippen LogP contribution < -0.4 is 11.1 Å². The van der Waals surface area contributed by atoms with Crippen molar-refractivity contribution in [2.45, 2.75) is 44.7 Å². The molecule has 0 aliphatic rings. The van der Waals surface area contributed by atoms with E-state index in [4.69, 9.17) is 5.73 Å². The minimum Gasteiger partial charge on any atom is -0.324 e. The number of halogens is 1. The normalized spacial score (nSPS) is 11.9. The maximum absolute atomic E-state index is 11.6. The van der Waals surface area contributed by atoms with Gasteiger partial charge in [-0.25, -0.2) is 0 Å². The molecule has 0 radical (unpaired) electrons. The fraction of sp³-hybridized carbons (Fsp3) is 0.500. The largest absolute Gasteiger partial charge is 0.324 e. The van der Waals surface area contributed by atoms with Crippen LogP contribution >= 0.6 is 24.2 Å². The highest BCUT2D eigenvalue weighted by Crippen LogP contribution is 2.24. The molecule has 0 saturated carbocycles. The van der Waals surface area contributed by atoms with Crippen LogP contribution in [0.15, 0.2) is 18.2 Å². The number of carbonyl (C=O) groups excluding carboxylic acids is 1. The quantitative estimate of drug-likeness (QED) is 0.877. The Morgan fingerprint density at radius 3 is 2.53 bits per heavy atom. The Labute approximate surface area is 126 Å². The summed E-state index contributed by atoms with van der Waals surface area (Å²) in [4.78, 5) is 11.6. The van der Waals surface area contributed by atoms with E-state index < -0.39 is 6.04 Å². The van der Waals surface area contributed by atoms with Gasteiger partial charge in [-0.1, -0.05) is 26.0 Å². The predicted molar refractivity (Wildman–Crippen MR) is 87.1 cm³/mol. The van der Waals surface area contributed by atoms with Crippen LogP contribution in [0.4, 0.5) is 5.69 Å². The number of carbonyl (C=O) groups is 1. The van der Waals surface area contributed by atoms with E-state index in [1.807, 2.05) is 30.8 Å². The zero-order chi connectivity index (χ0) is 13.7. The fourth-order valence-electron chi connectivity index (χ4n) is 1.48. The lowest BCUT2D eigenvalue weighted by atomic mass is 10.1.